The molecule has 4 nitrogen and oxygen atoms in total. The number of esters is 1. The number of benzene rings is 2. The van der Waals surface area contributed by atoms with Crippen LogP contribution in [0.2, 0.25) is 0 Å². The van der Waals surface area contributed by atoms with E-state index in [4.69, 9.17) is 4.74 Å². The summed E-state index contributed by atoms with van der Waals surface area (Å²) in [6.07, 6.45) is -0.151. The zero-order valence-corrected chi connectivity index (χ0v) is 13.8. The zero-order chi connectivity index (χ0) is 16.9. The van der Waals surface area contributed by atoms with Gasteiger partial charge in [-0.3, -0.25) is 9.69 Å². The number of hydrogen-bond acceptors (Lipinski definition) is 4. The van der Waals surface area contributed by atoms with E-state index < -0.39 is 6.10 Å². The van der Waals surface area contributed by atoms with Crippen molar-refractivity contribution in [3.63, 3.8) is 0 Å². The van der Waals surface area contributed by atoms with Crippen molar-refractivity contribution in [1.82, 2.24) is 4.90 Å². The van der Waals surface area contributed by atoms with Crippen LogP contribution in [0.1, 0.15) is 30.5 Å². The first-order valence-corrected chi connectivity index (χ1v) is 8.34. The molecule has 0 bridgehead atoms. The Morgan fingerprint density at radius 3 is 2.38 bits per heavy atom. The Kier molecular flexibility index (Phi) is 5.28. The van der Waals surface area contributed by atoms with Gasteiger partial charge in [0, 0.05) is 12.6 Å². The summed E-state index contributed by atoms with van der Waals surface area (Å²) < 4.78 is 5.30. The summed E-state index contributed by atoms with van der Waals surface area (Å²) in [4.78, 5) is 14.0. The lowest BCUT2D eigenvalue weighted by molar-refractivity contribution is -0.143. The Morgan fingerprint density at radius 1 is 1.12 bits per heavy atom. The lowest BCUT2D eigenvalue weighted by atomic mass is 10.00. The van der Waals surface area contributed by atoms with Gasteiger partial charge in [-0.15, -0.1) is 0 Å². The Bertz CT molecular complexity index is 659. The number of nitrogens with zero attached hydrogens (tertiary/aromatic N) is 1. The molecule has 1 fully saturated rings. The molecular weight excluding hydrogens is 302 g/mol. The van der Waals surface area contributed by atoms with Crippen molar-refractivity contribution in [2.75, 3.05) is 6.61 Å². The molecule has 0 aliphatic carbocycles. The number of aliphatic hydroxyl groups excluding tert-OH is 1. The van der Waals surface area contributed by atoms with Crippen LogP contribution >= 0.6 is 0 Å². The van der Waals surface area contributed by atoms with Gasteiger partial charge in [-0.2, -0.15) is 0 Å². The number of carbonyl (C=O) groups is 1. The number of ether oxygens (including phenoxy) is 1. The van der Waals surface area contributed by atoms with Gasteiger partial charge in [-0.05, 0) is 18.1 Å². The van der Waals surface area contributed by atoms with Crippen LogP contribution in [-0.4, -0.2) is 34.7 Å². The number of aliphatic hydroxyl groups is 1. The van der Waals surface area contributed by atoms with Crippen LogP contribution in [0, 0.1) is 0 Å². The summed E-state index contributed by atoms with van der Waals surface area (Å²) >= 11 is 0. The average molecular weight is 325 g/mol. The summed E-state index contributed by atoms with van der Waals surface area (Å²) in [6.45, 7) is 2.69. The van der Waals surface area contributed by atoms with Crippen molar-refractivity contribution in [3.05, 3.63) is 71.8 Å². The molecule has 0 unspecified atom stereocenters. The molecule has 2 aromatic rings. The Hall–Kier alpha value is -2.17. The fourth-order valence-electron chi connectivity index (χ4n) is 3.35. The fourth-order valence-corrected chi connectivity index (χ4v) is 3.35. The summed E-state index contributed by atoms with van der Waals surface area (Å²) in [5.74, 6) is -0.239. The van der Waals surface area contributed by atoms with Gasteiger partial charge in [-0.1, -0.05) is 60.7 Å². The van der Waals surface area contributed by atoms with Gasteiger partial charge in [0.2, 0.25) is 0 Å². The smallest absolute Gasteiger partial charge is 0.307 e. The lowest BCUT2D eigenvalue weighted by Gasteiger charge is -2.36. The van der Waals surface area contributed by atoms with E-state index in [-0.39, 0.29) is 24.7 Å². The molecule has 2 aromatic carbocycles. The molecule has 0 amide bonds. The third-order valence-electron chi connectivity index (χ3n) is 4.68. The second-order valence-electron chi connectivity index (χ2n) is 6.23. The summed E-state index contributed by atoms with van der Waals surface area (Å²) in [5, 5.41) is 9.62. The second-order valence-corrected chi connectivity index (χ2v) is 6.23. The van der Waals surface area contributed by atoms with Crippen molar-refractivity contribution in [2.24, 2.45) is 0 Å². The zero-order valence-electron chi connectivity index (χ0n) is 13.8. The first-order chi connectivity index (χ1) is 11.7. The Morgan fingerprint density at radius 2 is 1.75 bits per heavy atom. The van der Waals surface area contributed by atoms with Crippen molar-refractivity contribution in [2.45, 2.75) is 38.1 Å². The van der Waals surface area contributed by atoms with E-state index in [2.05, 4.69) is 36.1 Å². The number of carbonyl (C=O) groups excluding carboxylic acids is 1. The van der Waals surface area contributed by atoms with Gasteiger partial charge >= 0.3 is 5.97 Å². The van der Waals surface area contributed by atoms with Gasteiger partial charge in [-0.25, -0.2) is 0 Å². The largest absolute Gasteiger partial charge is 0.458 e. The maximum absolute atomic E-state index is 11.8. The van der Waals surface area contributed by atoms with E-state index >= 15 is 0 Å². The van der Waals surface area contributed by atoms with Crippen molar-refractivity contribution >= 4 is 5.97 Å². The molecule has 1 aliphatic rings. The highest BCUT2D eigenvalue weighted by Gasteiger charge is 2.40. The van der Waals surface area contributed by atoms with E-state index in [9.17, 15) is 9.90 Å². The molecule has 4 heteroatoms. The molecular formula is C20H23NO3. The highest BCUT2D eigenvalue weighted by molar-refractivity contribution is 5.72. The van der Waals surface area contributed by atoms with Gasteiger partial charge < -0.3 is 9.84 Å². The Balaban J connectivity index is 1.90. The van der Waals surface area contributed by atoms with E-state index in [0.29, 0.717) is 13.0 Å². The number of cyclic esters (lactones) is 1. The quantitative estimate of drug-likeness (QED) is 0.830. The first kappa shape index (κ1) is 16.7. The Labute approximate surface area is 142 Å². The molecule has 24 heavy (non-hydrogen) atoms. The molecule has 3 atom stereocenters. The van der Waals surface area contributed by atoms with Gasteiger partial charge in [0.05, 0.1) is 19.1 Å². The SMILES string of the molecule is C[C@@H](c1ccccc1)N(Cc1ccccc1)[C@@H]1CC(=O)O[C@@H]1CO. The number of hydrogen-bond donors (Lipinski definition) is 1. The molecule has 126 valence electrons. The van der Waals surface area contributed by atoms with E-state index in [1.165, 1.54) is 11.1 Å². The van der Waals surface area contributed by atoms with E-state index in [1.54, 1.807) is 0 Å². The monoisotopic (exact) mass is 325 g/mol. The summed E-state index contributed by atoms with van der Waals surface area (Å²) in [5.41, 5.74) is 2.36. The minimum atomic E-state index is -0.465. The maximum atomic E-state index is 11.8. The minimum Gasteiger partial charge on any atom is -0.458 e. The molecule has 1 N–H and O–H groups in total. The van der Waals surface area contributed by atoms with Crippen LogP contribution in [0.3, 0.4) is 0 Å². The van der Waals surface area contributed by atoms with E-state index in [0.717, 1.165) is 0 Å². The predicted molar refractivity (Wildman–Crippen MR) is 92.2 cm³/mol. The lowest BCUT2D eigenvalue weighted by Crippen LogP contribution is -2.43. The van der Waals surface area contributed by atoms with Crippen molar-refractivity contribution in [1.29, 1.82) is 0 Å². The molecule has 1 aliphatic heterocycles. The molecule has 0 radical (unpaired) electrons. The van der Waals surface area contributed by atoms with Crippen LogP contribution in [0.25, 0.3) is 0 Å². The van der Waals surface area contributed by atoms with Crippen LogP contribution in [0.5, 0.6) is 0 Å². The molecule has 0 aromatic heterocycles. The van der Waals surface area contributed by atoms with Gasteiger partial charge in [0.1, 0.15) is 6.10 Å². The highest BCUT2D eigenvalue weighted by Crippen LogP contribution is 2.31. The molecule has 1 heterocycles. The van der Waals surface area contributed by atoms with Gasteiger partial charge in [0.15, 0.2) is 0 Å². The molecule has 0 saturated carbocycles. The van der Waals surface area contributed by atoms with E-state index in [1.807, 2.05) is 36.4 Å². The second kappa shape index (κ2) is 7.60. The topological polar surface area (TPSA) is 49.8 Å². The van der Waals surface area contributed by atoms with Crippen molar-refractivity contribution < 1.29 is 14.6 Å². The summed E-state index contributed by atoms with van der Waals surface area (Å²) in [7, 11) is 0. The summed E-state index contributed by atoms with van der Waals surface area (Å²) in [6, 6.07) is 20.4. The fraction of sp³-hybridized carbons (Fsp3) is 0.350. The van der Waals surface area contributed by atoms with Crippen LogP contribution in [-0.2, 0) is 16.1 Å². The van der Waals surface area contributed by atoms with Crippen LogP contribution in [0.4, 0.5) is 0 Å². The standard InChI is InChI=1S/C20H23NO3/c1-15(17-10-6-3-7-11-17)21(13-16-8-4-2-5-9-16)18-12-20(23)24-19(18)14-22/h2-11,15,18-19,22H,12-14H2,1H3/t15-,18+,19+/m0/s1. The first-order valence-electron chi connectivity index (χ1n) is 8.34. The number of rotatable bonds is 6. The molecule has 1 saturated heterocycles. The third-order valence-corrected chi connectivity index (χ3v) is 4.68. The predicted octanol–water partition coefficient (Wildman–Crippen LogP) is 2.93. The maximum Gasteiger partial charge on any atom is 0.307 e. The molecule has 3 rings (SSSR count). The highest BCUT2D eigenvalue weighted by atomic mass is 16.6. The van der Waals surface area contributed by atoms with Gasteiger partial charge in [0.25, 0.3) is 0 Å². The van der Waals surface area contributed by atoms with Crippen LogP contribution in [0.15, 0.2) is 60.7 Å². The molecule has 0 spiro atoms. The minimum absolute atomic E-state index is 0.111. The van der Waals surface area contributed by atoms with Crippen molar-refractivity contribution in [3.8, 4) is 0 Å². The third kappa shape index (κ3) is 3.66. The average Bonchev–Trinajstić information content (AvgIpc) is 3.01. The van der Waals surface area contributed by atoms with Crippen LogP contribution < -0.4 is 0 Å². The normalized spacial score (nSPS) is 21.7.